The normalized spacial score (nSPS) is 17.5. The Morgan fingerprint density at radius 3 is 2.18 bits per heavy atom. The summed E-state index contributed by atoms with van der Waals surface area (Å²) in [6.07, 6.45) is 0.587. The first-order chi connectivity index (χ1) is 4.89. The second kappa shape index (κ2) is 4.05. The van der Waals surface area contributed by atoms with E-state index in [1.54, 1.807) is 6.92 Å². The Morgan fingerprint density at radius 2 is 1.91 bits per heavy atom. The van der Waals surface area contributed by atoms with Crippen LogP contribution in [0.5, 0.6) is 0 Å². The first kappa shape index (κ1) is 10.9. The van der Waals surface area contributed by atoms with Crippen LogP contribution in [0.25, 0.3) is 0 Å². The molecule has 0 aromatic rings. The average Bonchev–Trinajstić information content (AvgIpc) is 1.87. The van der Waals surface area contributed by atoms with E-state index in [1.165, 1.54) is 0 Å². The molecule has 0 bridgehead atoms. The molecule has 0 aromatic heterocycles. The minimum absolute atomic E-state index is 0.427. The van der Waals surface area contributed by atoms with Crippen LogP contribution in [-0.2, 0) is 0 Å². The molecular formula is C9H20FN. The lowest BCUT2D eigenvalue weighted by Gasteiger charge is -2.28. The van der Waals surface area contributed by atoms with Crippen LogP contribution in [0.3, 0.4) is 0 Å². The summed E-state index contributed by atoms with van der Waals surface area (Å²) in [7, 11) is 1.96. The van der Waals surface area contributed by atoms with E-state index in [1.807, 2.05) is 18.9 Å². The van der Waals surface area contributed by atoms with Crippen LogP contribution in [0.4, 0.5) is 4.39 Å². The molecule has 0 heterocycles. The molecule has 0 amide bonds. The van der Waals surface area contributed by atoms with E-state index < -0.39 is 5.67 Å². The van der Waals surface area contributed by atoms with Gasteiger partial charge in [0.15, 0.2) is 0 Å². The Balaban J connectivity index is 3.83. The average molecular weight is 161 g/mol. The quantitative estimate of drug-likeness (QED) is 0.612. The monoisotopic (exact) mass is 161 g/mol. The van der Waals surface area contributed by atoms with Gasteiger partial charge in [0.1, 0.15) is 5.67 Å². The van der Waals surface area contributed by atoms with Crippen LogP contribution < -0.4 is 0 Å². The van der Waals surface area contributed by atoms with Gasteiger partial charge in [-0.25, -0.2) is 4.39 Å². The fraction of sp³-hybridized carbons (Fsp3) is 1.00. The first-order valence-electron chi connectivity index (χ1n) is 4.28. The summed E-state index contributed by atoms with van der Waals surface area (Å²) in [5.74, 6) is 0. The van der Waals surface area contributed by atoms with Gasteiger partial charge in [0.2, 0.25) is 0 Å². The van der Waals surface area contributed by atoms with Crippen molar-refractivity contribution in [3.8, 4) is 0 Å². The number of hydrogen-bond donors (Lipinski definition) is 0. The van der Waals surface area contributed by atoms with E-state index in [2.05, 4.69) is 13.8 Å². The Hall–Kier alpha value is -0.110. The maximum atomic E-state index is 13.4. The van der Waals surface area contributed by atoms with E-state index in [4.69, 9.17) is 0 Å². The van der Waals surface area contributed by atoms with Gasteiger partial charge in [0, 0.05) is 12.6 Å². The maximum absolute atomic E-state index is 13.4. The Labute approximate surface area is 69.6 Å². The van der Waals surface area contributed by atoms with Crippen LogP contribution in [-0.4, -0.2) is 30.2 Å². The fourth-order valence-corrected chi connectivity index (χ4v) is 0.814. The number of rotatable bonds is 4. The molecule has 1 atom stereocenters. The molecule has 0 fully saturated rings. The van der Waals surface area contributed by atoms with Crippen LogP contribution in [0.2, 0.25) is 0 Å². The second-order valence-corrected chi connectivity index (χ2v) is 3.78. The van der Waals surface area contributed by atoms with Crippen molar-refractivity contribution in [2.45, 2.75) is 45.8 Å². The van der Waals surface area contributed by atoms with Crippen molar-refractivity contribution in [3.63, 3.8) is 0 Å². The minimum Gasteiger partial charge on any atom is -0.301 e. The van der Waals surface area contributed by atoms with Gasteiger partial charge in [-0.3, -0.25) is 0 Å². The van der Waals surface area contributed by atoms with E-state index >= 15 is 0 Å². The Kier molecular flexibility index (Phi) is 4.01. The van der Waals surface area contributed by atoms with Crippen molar-refractivity contribution in [3.05, 3.63) is 0 Å². The first-order valence-corrected chi connectivity index (χ1v) is 4.28. The number of hydrogen-bond acceptors (Lipinski definition) is 1. The van der Waals surface area contributed by atoms with Crippen LogP contribution >= 0.6 is 0 Å². The minimum atomic E-state index is -1.03. The molecule has 11 heavy (non-hydrogen) atoms. The molecule has 0 spiro atoms. The molecule has 0 aliphatic carbocycles. The molecule has 0 N–H and O–H groups in total. The second-order valence-electron chi connectivity index (χ2n) is 3.78. The number of nitrogens with zero attached hydrogens (tertiary/aromatic N) is 1. The summed E-state index contributed by atoms with van der Waals surface area (Å²) < 4.78 is 13.4. The van der Waals surface area contributed by atoms with E-state index in [-0.39, 0.29) is 0 Å². The van der Waals surface area contributed by atoms with Gasteiger partial charge in [0.05, 0.1) is 0 Å². The summed E-state index contributed by atoms with van der Waals surface area (Å²) >= 11 is 0. The van der Waals surface area contributed by atoms with E-state index in [0.29, 0.717) is 19.0 Å². The highest BCUT2D eigenvalue weighted by Crippen LogP contribution is 2.16. The molecule has 0 saturated heterocycles. The van der Waals surface area contributed by atoms with Gasteiger partial charge in [-0.05, 0) is 34.2 Å². The fourth-order valence-electron chi connectivity index (χ4n) is 0.814. The van der Waals surface area contributed by atoms with Gasteiger partial charge in [-0.2, -0.15) is 0 Å². The summed E-state index contributed by atoms with van der Waals surface area (Å²) in [5, 5.41) is 0. The van der Waals surface area contributed by atoms with Crippen molar-refractivity contribution in [2.75, 3.05) is 13.6 Å². The zero-order valence-electron chi connectivity index (χ0n) is 8.32. The standard InChI is InChI=1S/C9H20FN/c1-6-9(4,10)7-11(5)8(2)3/h8H,6-7H2,1-5H3. The lowest BCUT2D eigenvalue weighted by Crippen LogP contribution is -2.38. The van der Waals surface area contributed by atoms with Crippen LogP contribution in [0.15, 0.2) is 0 Å². The lowest BCUT2D eigenvalue weighted by molar-refractivity contribution is 0.104. The molecular weight excluding hydrogens is 141 g/mol. The van der Waals surface area contributed by atoms with Gasteiger partial charge < -0.3 is 4.90 Å². The molecule has 0 radical (unpaired) electrons. The summed E-state index contributed by atoms with van der Waals surface area (Å²) in [6.45, 7) is 8.22. The summed E-state index contributed by atoms with van der Waals surface area (Å²) in [6, 6.07) is 0.427. The van der Waals surface area contributed by atoms with Crippen molar-refractivity contribution in [1.82, 2.24) is 4.90 Å². The van der Waals surface area contributed by atoms with Gasteiger partial charge in [-0.1, -0.05) is 6.92 Å². The number of alkyl halides is 1. The number of halogens is 1. The van der Waals surface area contributed by atoms with Crippen molar-refractivity contribution in [2.24, 2.45) is 0 Å². The van der Waals surface area contributed by atoms with Gasteiger partial charge >= 0.3 is 0 Å². The van der Waals surface area contributed by atoms with Crippen LogP contribution in [0.1, 0.15) is 34.1 Å². The van der Waals surface area contributed by atoms with Gasteiger partial charge in [-0.15, -0.1) is 0 Å². The predicted octanol–water partition coefficient (Wildman–Crippen LogP) is 2.46. The molecule has 2 heteroatoms. The largest absolute Gasteiger partial charge is 0.301 e. The third-order valence-electron chi connectivity index (χ3n) is 2.20. The topological polar surface area (TPSA) is 3.24 Å². The molecule has 0 aromatic carbocycles. The predicted molar refractivity (Wildman–Crippen MR) is 47.6 cm³/mol. The van der Waals surface area contributed by atoms with Crippen molar-refractivity contribution < 1.29 is 4.39 Å². The zero-order chi connectivity index (χ0) is 9.07. The van der Waals surface area contributed by atoms with E-state index in [9.17, 15) is 4.39 Å². The summed E-state index contributed by atoms with van der Waals surface area (Å²) in [4.78, 5) is 2.03. The molecule has 0 aliphatic rings. The molecule has 0 saturated carbocycles. The lowest BCUT2D eigenvalue weighted by atomic mass is 10.1. The third kappa shape index (κ3) is 4.35. The Morgan fingerprint density at radius 1 is 1.45 bits per heavy atom. The van der Waals surface area contributed by atoms with Gasteiger partial charge in [0.25, 0.3) is 0 Å². The third-order valence-corrected chi connectivity index (χ3v) is 2.20. The van der Waals surface area contributed by atoms with Crippen molar-refractivity contribution in [1.29, 1.82) is 0 Å². The highest BCUT2D eigenvalue weighted by molar-refractivity contribution is 4.76. The molecule has 0 rings (SSSR count). The van der Waals surface area contributed by atoms with Crippen molar-refractivity contribution >= 4 is 0 Å². The zero-order valence-corrected chi connectivity index (χ0v) is 8.32. The maximum Gasteiger partial charge on any atom is 0.120 e. The highest BCUT2D eigenvalue weighted by Gasteiger charge is 2.23. The highest BCUT2D eigenvalue weighted by atomic mass is 19.1. The molecule has 1 nitrogen and oxygen atoms in total. The Bertz CT molecular complexity index is 110. The van der Waals surface area contributed by atoms with Crippen LogP contribution in [0, 0.1) is 0 Å². The molecule has 68 valence electrons. The smallest absolute Gasteiger partial charge is 0.120 e. The van der Waals surface area contributed by atoms with E-state index in [0.717, 1.165) is 0 Å². The summed E-state index contributed by atoms with van der Waals surface area (Å²) in [5.41, 5.74) is -1.03. The molecule has 1 unspecified atom stereocenters. The molecule has 0 aliphatic heterocycles. The SMILES string of the molecule is CCC(C)(F)CN(C)C(C)C.